The Balaban J connectivity index is 1.39. The van der Waals surface area contributed by atoms with E-state index < -0.39 is 5.91 Å². The summed E-state index contributed by atoms with van der Waals surface area (Å²) >= 11 is 0. The number of carbonyl (C=O) groups excluding carboxylic acids is 2. The predicted octanol–water partition coefficient (Wildman–Crippen LogP) is 3.78. The lowest BCUT2D eigenvalue weighted by Gasteiger charge is -2.18. The van der Waals surface area contributed by atoms with Crippen LogP contribution < -0.4 is 15.5 Å². The third-order valence-corrected chi connectivity index (χ3v) is 4.72. The molecular weight excluding hydrogens is 390 g/mol. The number of carbonyl (C=O) groups is 2. The average Bonchev–Trinajstić information content (AvgIpc) is 2.76. The zero-order valence-corrected chi connectivity index (χ0v) is 18.0. The molecule has 0 atom stereocenters. The van der Waals surface area contributed by atoms with Gasteiger partial charge in [0.15, 0.2) is 6.61 Å². The lowest BCUT2D eigenvalue weighted by molar-refractivity contribution is -0.127. The molecule has 0 unspecified atom stereocenters. The first-order chi connectivity index (χ1) is 14.8. The van der Waals surface area contributed by atoms with E-state index in [-0.39, 0.29) is 24.5 Å². The predicted molar refractivity (Wildman–Crippen MR) is 123 cm³/mol. The van der Waals surface area contributed by atoms with E-state index in [4.69, 9.17) is 4.74 Å². The first kappa shape index (κ1) is 22.0. The van der Waals surface area contributed by atoms with Crippen molar-refractivity contribution in [1.29, 1.82) is 0 Å². The second-order valence-corrected chi connectivity index (χ2v) is 8.24. The van der Waals surface area contributed by atoms with Crippen LogP contribution in [0.3, 0.4) is 0 Å². The maximum atomic E-state index is 11.9. The van der Waals surface area contributed by atoms with Gasteiger partial charge in [-0.1, -0.05) is 75.4 Å². The third kappa shape index (κ3) is 6.67. The number of benzene rings is 3. The molecule has 3 rings (SSSR count). The van der Waals surface area contributed by atoms with Gasteiger partial charge in [0.05, 0.1) is 12.8 Å². The van der Waals surface area contributed by atoms with Crippen LogP contribution in [0.1, 0.15) is 31.9 Å². The van der Waals surface area contributed by atoms with Crippen LogP contribution in [0.15, 0.2) is 71.8 Å². The van der Waals surface area contributed by atoms with Crippen molar-refractivity contribution in [2.24, 2.45) is 5.10 Å². The summed E-state index contributed by atoms with van der Waals surface area (Å²) in [4.78, 5) is 23.8. The second-order valence-electron chi connectivity index (χ2n) is 8.24. The fraction of sp³-hybridized carbons (Fsp3) is 0.240. The van der Waals surface area contributed by atoms with E-state index in [0.717, 1.165) is 16.3 Å². The lowest BCUT2D eigenvalue weighted by Crippen LogP contribution is -2.37. The van der Waals surface area contributed by atoms with Gasteiger partial charge in [-0.3, -0.25) is 9.59 Å². The second kappa shape index (κ2) is 9.89. The highest BCUT2D eigenvalue weighted by Crippen LogP contribution is 2.22. The van der Waals surface area contributed by atoms with Gasteiger partial charge in [0.2, 0.25) is 0 Å². The van der Waals surface area contributed by atoms with Crippen LogP contribution in [0.2, 0.25) is 0 Å². The van der Waals surface area contributed by atoms with Crippen LogP contribution in [-0.4, -0.2) is 31.2 Å². The molecule has 0 aliphatic rings. The number of fused-ring (bicyclic) bond motifs is 1. The molecule has 0 radical (unpaired) electrons. The minimum Gasteiger partial charge on any atom is -0.484 e. The first-order valence-corrected chi connectivity index (χ1v) is 10.1. The Hall–Kier alpha value is -3.67. The molecule has 0 bridgehead atoms. The van der Waals surface area contributed by atoms with Gasteiger partial charge in [0.1, 0.15) is 5.75 Å². The van der Waals surface area contributed by atoms with Gasteiger partial charge in [0.25, 0.3) is 11.8 Å². The van der Waals surface area contributed by atoms with Gasteiger partial charge in [-0.2, -0.15) is 5.10 Å². The summed E-state index contributed by atoms with van der Waals surface area (Å²) in [6, 6.07) is 21.5. The molecule has 2 amide bonds. The van der Waals surface area contributed by atoms with Gasteiger partial charge in [-0.15, -0.1) is 0 Å². The normalized spacial score (nSPS) is 11.5. The average molecular weight is 418 g/mol. The van der Waals surface area contributed by atoms with Gasteiger partial charge in [0, 0.05) is 0 Å². The third-order valence-electron chi connectivity index (χ3n) is 4.72. The molecule has 3 aromatic rings. The van der Waals surface area contributed by atoms with Gasteiger partial charge < -0.3 is 10.1 Å². The molecule has 0 saturated heterocycles. The maximum absolute atomic E-state index is 11.9. The Labute approximate surface area is 182 Å². The van der Waals surface area contributed by atoms with Gasteiger partial charge in [-0.05, 0) is 39.4 Å². The van der Waals surface area contributed by atoms with Crippen molar-refractivity contribution >= 4 is 28.8 Å². The summed E-state index contributed by atoms with van der Waals surface area (Å²) in [7, 11) is 0. The van der Waals surface area contributed by atoms with Crippen molar-refractivity contribution in [2.75, 3.05) is 13.2 Å². The first-order valence-electron chi connectivity index (χ1n) is 10.1. The van der Waals surface area contributed by atoms with Crippen molar-refractivity contribution in [2.45, 2.75) is 26.2 Å². The van der Waals surface area contributed by atoms with Crippen molar-refractivity contribution in [3.63, 3.8) is 0 Å². The van der Waals surface area contributed by atoms with Crippen molar-refractivity contribution in [3.05, 3.63) is 77.9 Å². The molecule has 3 aromatic carbocycles. The zero-order chi connectivity index (χ0) is 22.3. The molecule has 0 aliphatic heterocycles. The Morgan fingerprint density at radius 2 is 1.65 bits per heavy atom. The topological polar surface area (TPSA) is 79.8 Å². The number of nitrogens with one attached hydrogen (secondary N) is 2. The van der Waals surface area contributed by atoms with E-state index in [1.165, 1.54) is 5.56 Å². The van der Waals surface area contributed by atoms with Crippen LogP contribution in [0.25, 0.3) is 10.8 Å². The largest absolute Gasteiger partial charge is 0.484 e. The summed E-state index contributed by atoms with van der Waals surface area (Å²) in [6.07, 6.45) is 1.56. The molecule has 2 N–H and O–H groups in total. The van der Waals surface area contributed by atoms with E-state index >= 15 is 0 Å². The Kier molecular flexibility index (Phi) is 7.03. The van der Waals surface area contributed by atoms with E-state index in [9.17, 15) is 9.59 Å². The minimum absolute atomic E-state index is 0.0834. The quantitative estimate of drug-likeness (QED) is 0.454. The van der Waals surface area contributed by atoms with E-state index in [2.05, 4.69) is 36.6 Å². The van der Waals surface area contributed by atoms with E-state index in [1.807, 2.05) is 66.7 Å². The lowest BCUT2D eigenvalue weighted by atomic mass is 9.87. The highest BCUT2D eigenvalue weighted by atomic mass is 16.5. The molecule has 0 heterocycles. The Morgan fingerprint density at radius 1 is 0.935 bits per heavy atom. The molecular formula is C25H27N3O3. The van der Waals surface area contributed by atoms with E-state index in [0.29, 0.717) is 5.75 Å². The SMILES string of the molecule is CC(C)(C)c1ccc(/C=N/NC(=O)CNC(=O)COc2ccc3ccccc3c2)cc1. The van der Waals surface area contributed by atoms with Crippen molar-refractivity contribution in [1.82, 2.24) is 10.7 Å². The molecule has 6 heteroatoms. The van der Waals surface area contributed by atoms with Gasteiger partial charge >= 0.3 is 0 Å². The molecule has 0 aliphatic carbocycles. The number of hydrazone groups is 1. The maximum Gasteiger partial charge on any atom is 0.259 e. The summed E-state index contributed by atoms with van der Waals surface area (Å²) in [5, 5.41) is 8.57. The van der Waals surface area contributed by atoms with Gasteiger partial charge in [-0.25, -0.2) is 5.43 Å². The summed E-state index contributed by atoms with van der Waals surface area (Å²) < 4.78 is 5.51. The molecule has 160 valence electrons. The summed E-state index contributed by atoms with van der Waals surface area (Å²) in [5.41, 5.74) is 4.58. The molecule has 0 spiro atoms. The fourth-order valence-corrected chi connectivity index (χ4v) is 2.92. The molecule has 31 heavy (non-hydrogen) atoms. The standard InChI is InChI=1S/C25H27N3O3/c1-25(2,3)21-11-8-18(9-12-21)15-27-28-23(29)16-26-24(30)17-31-22-13-10-19-6-4-5-7-20(19)14-22/h4-15H,16-17H2,1-3H3,(H,26,30)(H,28,29)/b27-15+. The molecule has 0 fully saturated rings. The Morgan fingerprint density at radius 3 is 2.35 bits per heavy atom. The summed E-state index contributed by atoms with van der Waals surface area (Å²) in [6.45, 7) is 6.10. The molecule has 0 saturated carbocycles. The number of ether oxygens (including phenoxy) is 1. The highest BCUT2D eigenvalue weighted by molar-refractivity contribution is 5.87. The van der Waals surface area contributed by atoms with Crippen LogP contribution in [0.4, 0.5) is 0 Å². The van der Waals surface area contributed by atoms with Crippen LogP contribution in [0, 0.1) is 0 Å². The number of amides is 2. The zero-order valence-electron chi connectivity index (χ0n) is 18.0. The van der Waals surface area contributed by atoms with Crippen LogP contribution in [-0.2, 0) is 15.0 Å². The molecule has 0 aromatic heterocycles. The van der Waals surface area contributed by atoms with Crippen molar-refractivity contribution < 1.29 is 14.3 Å². The number of hydrogen-bond acceptors (Lipinski definition) is 4. The fourth-order valence-electron chi connectivity index (χ4n) is 2.92. The van der Waals surface area contributed by atoms with E-state index in [1.54, 1.807) is 6.21 Å². The summed E-state index contributed by atoms with van der Waals surface area (Å²) in [5.74, 6) is -0.202. The van der Waals surface area contributed by atoms with Crippen LogP contribution in [0.5, 0.6) is 5.75 Å². The Bertz CT molecular complexity index is 1080. The minimum atomic E-state index is -0.415. The van der Waals surface area contributed by atoms with Crippen LogP contribution >= 0.6 is 0 Å². The highest BCUT2D eigenvalue weighted by Gasteiger charge is 2.12. The molecule has 6 nitrogen and oxygen atoms in total. The van der Waals surface area contributed by atoms with Crippen molar-refractivity contribution in [3.8, 4) is 5.75 Å². The number of rotatable bonds is 7. The number of nitrogens with zero attached hydrogens (tertiary/aromatic N) is 1. The number of hydrogen-bond donors (Lipinski definition) is 2. The monoisotopic (exact) mass is 417 g/mol. The smallest absolute Gasteiger partial charge is 0.259 e.